The number of hydrogen-bond donors (Lipinski definition) is 2. The first-order valence-corrected chi connectivity index (χ1v) is 3.20. The summed E-state index contributed by atoms with van der Waals surface area (Å²) in [5, 5.41) is 3.45. The molecular formula is C6H8ClN3. The molecule has 1 heterocycles. The number of nitrogens with one attached hydrogen (secondary N) is 1. The van der Waals surface area contributed by atoms with Crippen LogP contribution >= 0.6 is 11.6 Å². The molecule has 0 unspecified atom stereocenters. The number of aromatic nitrogens is 1. The van der Waals surface area contributed by atoms with E-state index in [1.54, 1.807) is 13.1 Å². The maximum atomic E-state index is 5.64. The predicted molar refractivity (Wildman–Crippen MR) is 43.2 cm³/mol. The van der Waals surface area contributed by atoms with Crippen LogP contribution in [0.4, 0.5) is 11.5 Å². The van der Waals surface area contributed by atoms with Gasteiger partial charge in [-0.3, -0.25) is 0 Å². The molecule has 0 saturated carbocycles. The largest absolute Gasteiger partial charge is 0.385 e. The van der Waals surface area contributed by atoms with Crippen molar-refractivity contribution in [1.29, 1.82) is 0 Å². The van der Waals surface area contributed by atoms with Gasteiger partial charge in [0, 0.05) is 13.2 Å². The summed E-state index contributed by atoms with van der Waals surface area (Å²) >= 11 is 5.64. The van der Waals surface area contributed by atoms with Crippen LogP contribution in [-0.2, 0) is 0 Å². The fourth-order valence-corrected chi connectivity index (χ4v) is 0.808. The minimum absolute atomic E-state index is 0.465. The molecule has 3 nitrogen and oxygen atoms in total. The van der Waals surface area contributed by atoms with Gasteiger partial charge in [-0.2, -0.15) is 0 Å². The van der Waals surface area contributed by atoms with Crippen LogP contribution in [0.2, 0.25) is 5.02 Å². The average molecular weight is 158 g/mol. The zero-order chi connectivity index (χ0) is 7.56. The Balaban J connectivity index is 3.09. The van der Waals surface area contributed by atoms with E-state index < -0.39 is 0 Å². The van der Waals surface area contributed by atoms with Crippen LogP contribution in [0.1, 0.15) is 0 Å². The third-order valence-electron chi connectivity index (χ3n) is 1.15. The maximum Gasteiger partial charge on any atom is 0.146 e. The van der Waals surface area contributed by atoms with Gasteiger partial charge in [-0.25, -0.2) is 4.98 Å². The molecule has 0 saturated heterocycles. The number of anilines is 2. The zero-order valence-electron chi connectivity index (χ0n) is 5.56. The summed E-state index contributed by atoms with van der Waals surface area (Å²) in [6.07, 6.45) is 1.51. The van der Waals surface area contributed by atoms with Gasteiger partial charge in [-0.05, 0) is 6.07 Å². The third-order valence-corrected chi connectivity index (χ3v) is 1.36. The topological polar surface area (TPSA) is 50.9 Å². The van der Waals surface area contributed by atoms with Crippen LogP contribution in [0.25, 0.3) is 0 Å². The summed E-state index contributed by atoms with van der Waals surface area (Å²) in [5.74, 6) is 0.465. The van der Waals surface area contributed by atoms with Gasteiger partial charge < -0.3 is 11.1 Å². The summed E-state index contributed by atoms with van der Waals surface area (Å²) in [6, 6.07) is 1.73. The van der Waals surface area contributed by atoms with Crippen molar-refractivity contribution in [2.24, 2.45) is 0 Å². The van der Waals surface area contributed by atoms with Gasteiger partial charge in [0.25, 0.3) is 0 Å². The molecule has 0 fully saturated rings. The zero-order valence-corrected chi connectivity index (χ0v) is 6.31. The number of pyridine rings is 1. The van der Waals surface area contributed by atoms with E-state index in [1.165, 1.54) is 6.20 Å². The van der Waals surface area contributed by atoms with E-state index in [0.717, 1.165) is 5.69 Å². The van der Waals surface area contributed by atoms with Crippen molar-refractivity contribution in [1.82, 2.24) is 4.98 Å². The number of nitrogens with two attached hydrogens (primary N) is 1. The van der Waals surface area contributed by atoms with Crippen molar-refractivity contribution in [3.05, 3.63) is 17.3 Å². The van der Waals surface area contributed by atoms with Gasteiger partial charge in [0.1, 0.15) is 5.82 Å². The molecule has 0 radical (unpaired) electrons. The van der Waals surface area contributed by atoms with E-state index in [2.05, 4.69) is 10.3 Å². The molecule has 0 aliphatic rings. The second kappa shape index (κ2) is 2.75. The van der Waals surface area contributed by atoms with Crippen molar-refractivity contribution in [2.75, 3.05) is 18.1 Å². The van der Waals surface area contributed by atoms with Gasteiger partial charge in [-0.15, -0.1) is 0 Å². The van der Waals surface area contributed by atoms with E-state index in [0.29, 0.717) is 10.8 Å². The van der Waals surface area contributed by atoms with Crippen molar-refractivity contribution in [2.45, 2.75) is 0 Å². The standard InChI is InChI=1S/C6H8ClN3/c1-9-5-2-4(7)3-10-6(5)8/h2-3,9H,1H3,(H2,8,10). The monoisotopic (exact) mass is 157 g/mol. The van der Waals surface area contributed by atoms with E-state index in [1.807, 2.05) is 0 Å². The highest BCUT2D eigenvalue weighted by Crippen LogP contribution is 2.18. The van der Waals surface area contributed by atoms with Crippen LogP contribution in [0.3, 0.4) is 0 Å². The molecule has 0 amide bonds. The second-order valence-electron chi connectivity index (χ2n) is 1.84. The molecule has 0 bridgehead atoms. The molecular weight excluding hydrogens is 150 g/mol. The first kappa shape index (κ1) is 7.15. The second-order valence-corrected chi connectivity index (χ2v) is 2.27. The number of nitrogen functional groups attached to an aromatic ring is 1. The molecule has 10 heavy (non-hydrogen) atoms. The summed E-state index contributed by atoms with van der Waals surface area (Å²) < 4.78 is 0. The maximum absolute atomic E-state index is 5.64. The Morgan fingerprint density at radius 3 is 2.90 bits per heavy atom. The molecule has 0 aliphatic heterocycles. The molecule has 0 aliphatic carbocycles. The average Bonchev–Trinajstić information content (AvgIpc) is 1.94. The SMILES string of the molecule is CNc1cc(Cl)cnc1N. The lowest BCUT2D eigenvalue weighted by Gasteiger charge is -2.02. The van der Waals surface area contributed by atoms with Crippen molar-refractivity contribution in [3.8, 4) is 0 Å². The van der Waals surface area contributed by atoms with E-state index in [9.17, 15) is 0 Å². The van der Waals surface area contributed by atoms with Crippen LogP contribution < -0.4 is 11.1 Å². The van der Waals surface area contributed by atoms with Crippen LogP contribution in [0, 0.1) is 0 Å². The molecule has 1 aromatic heterocycles. The highest BCUT2D eigenvalue weighted by atomic mass is 35.5. The van der Waals surface area contributed by atoms with Gasteiger partial charge in [-0.1, -0.05) is 11.6 Å². The lowest BCUT2D eigenvalue weighted by Crippen LogP contribution is -1.97. The van der Waals surface area contributed by atoms with E-state index in [-0.39, 0.29) is 0 Å². The number of hydrogen-bond acceptors (Lipinski definition) is 3. The van der Waals surface area contributed by atoms with Gasteiger partial charge in [0.05, 0.1) is 10.7 Å². The quantitative estimate of drug-likeness (QED) is 0.647. The molecule has 54 valence electrons. The highest BCUT2D eigenvalue weighted by molar-refractivity contribution is 6.30. The third kappa shape index (κ3) is 1.30. The minimum atomic E-state index is 0.465. The van der Waals surface area contributed by atoms with Crippen LogP contribution in [-0.4, -0.2) is 12.0 Å². The Labute approximate surface area is 64.2 Å². The summed E-state index contributed by atoms with van der Waals surface area (Å²) in [7, 11) is 1.77. The van der Waals surface area contributed by atoms with Crippen molar-refractivity contribution in [3.63, 3.8) is 0 Å². The molecule has 0 aromatic carbocycles. The molecule has 4 heteroatoms. The summed E-state index contributed by atoms with van der Waals surface area (Å²) in [4.78, 5) is 3.83. The van der Waals surface area contributed by atoms with Crippen molar-refractivity contribution >= 4 is 23.1 Å². The Bertz CT molecular complexity index is 236. The Hall–Kier alpha value is -0.960. The number of nitrogens with zero attached hydrogens (tertiary/aromatic N) is 1. The van der Waals surface area contributed by atoms with E-state index >= 15 is 0 Å². The first-order chi connectivity index (χ1) is 4.74. The lowest BCUT2D eigenvalue weighted by molar-refractivity contribution is 1.32. The fourth-order valence-electron chi connectivity index (χ4n) is 0.650. The van der Waals surface area contributed by atoms with Gasteiger partial charge in [0.2, 0.25) is 0 Å². The Kier molecular flexibility index (Phi) is 1.97. The van der Waals surface area contributed by atoms with Crippen molar-refractivity contribution < 1.29 is 0 Å². The Morgan fingerprint density at radius 1 is 1.70 bits per heavy atom. The summed E-state index contributed by atoms with van der Waals surface area (Å²) in [6.45, 7) is 0. The van der Waals surface area contributed by atoms with Gasteiger partial charge >= 0.3 is 0 Å². The summed E-state index contributed by atoms with van der Waals surface area (Å²) in [5.41, 5.74) is 6.22. The number of halogens is 1. The predicted octanol–water partition coefficient (Wildman–Crippen LogP) is 1.36. The van der Waals surface area contributed by atoms with Crippen LogP contribution in [0.15, 0.2) is 12.3 Å². The molecule has 3 N–H and O–H groups in total. The smallest absolute Gasteiger partial charge is 0.146 e. The molecule has 0 spiro atoms. The molecule has 1 rings (SSSR count). The normalized spacial score (nSPS) is 9.40. The fraction of sp³-hybridized carbons (Fsp3) is 0.167. The first-order valence-electron chi connectivity index (χ1n) is 2.83. The number of rotatable bonds is 1. The van der Waals surface area contributed by atoms with Gasteiger partial charge in [0.15, 0.2) is 0 Å². The Morgan fingerprint density at radius 2 is 2.40 bits per heavy atom. The minimum Gasteiger partial charge on any atom is -0.385 e. The van der Waals surface area contributed by atoms with E-state index in [4.69, 9.17) is 17.3 Å². The highest BCUT2D eigenvalue weighted by Gasteiger charge is 1.96. The molecule has 1 aromatic rings. The van der Waals surface area contributed by atoms with Crippen LogP contribution in [0.5, 0.6) is 0 Å². The molecule has 0 atom stereocenters. The lowest BCUT2D eigenvalue weighted by atomic mass is 10.4.